The van der Waals surface area contributed by atoms with Crippen LogP contribution in [0, 0.1) is 11.6 Å². The zero-order valence-electron chi connectivity index (χ0n) is 11.8. The van der Waals surface area contributed by atoms with Gasteiger partial charge in [-0.15, -0.1) is 0 Å². The highest BCUT2D eigenvalue weighted by atomic mass is 35.5. The van der Waals surface area contributed by atoms with Crippen molar-refractivity contribution in [1.82, 2.24) is 5.32 Å². The summed E-state index contributed by atoms with van der Waals surface area (Å²) >= 11 is 6.15. The molecular weight excluding hydrogens is 296 g/mol. The SMILES string of the molecule is CCNC(c1cc(F)ccc1Cl)c1c(F)cccc1OC. The van der Waals surface area contributed by atoms with E-state index in [1.54, 1.807) is 12.1 Å². The minimum Gasteiger partial charge on any atom is -0.496 e. The second kappa shape index (κ2) is 6.87. The van der Waals surface area contributed by atoms with Gasteiger partial charge in [0.1, 0.15) is 17.4 Å². The van der Waals surface area contributed by atoms with E-state index in [4.69, 9.17) is 16.3 Å². The third-order valence-electron chi connectivity index (χ3n) is 3.20. The van der Waals surface area contributed by atoms with Gasteiger partial charge in [0.05, 0.1) is 18.7 Å². The maximum atomic E-state index is 14.3. The molecule has 0 saturated carbocycles. The van der Waals surface area contributed by atoms with E-state index >= 15 is 0 Å². The average molecular weight is 312 g/mol. The Kier molecular flexibility index (Phi) is 5.15. The van der Waals surface area contributed by atoms with Crippen LogP contribution in [0.4, 0.5) is 8.78 Å². The molecule has 0 saturated heterocycles. The Morgan fingerprint density at radius 3 is 2.67 bits per heavy atom. The Bertz CT molecular complexity index is 634. The summed E-state index contributed by atoms with van der Waals surface area (Å²) in [5, 5.41) is 3.50. The number of hydrogen-bond donors (Lipinski definition) is 1. The zero-order valence-corrected chi connectivity index (χ0v) is 12.5. The normalized spacial score (nSPS) is 12.2. The van der Waals surface area contributed by atoms with Crippen molar-refractivity contribution in [3.8, 4) is 5.75 Å². The van der Waals surface area contributed by atoms with Crippen molar-refractivity contribution >= 4 is 11.6 Å². The molecule has 1 atom stereocenters. The van der Waals surface area contributed by atoms with E-state index in [0.29, 0.717) is 28.4 Å². The van der Waals surface area contributed by atoms with Gasteiger partial charge in [0.15, 0.2) is 0 Å². The van der Waals surface area contributed by atoms with Crippen molar-refractivity contribution in [2.45, 2.75) is 13.0 Å². The number of ether oxygens (including phenoxy) is 1. The van der Waals surface area contributed by atoms with E-state index in [9.17, 15) is 8.78 Å². The monoisotopic (exact) mass is 311 g/mol. The largest absolute Gasteiger partial charge is 0.496 e. The van der Waals surface area contributed by atoms with E-state index < -0.39 is 17.7 Å². The summed E-state index contributed by atoms with van der Waals surface area (Å²) in [7, 11) is 1.47. The molecule has 5 heteroatoms. The number of halogens is 3. The lowest BCUT2D eigenvalue weighted by Gasteiger charge is -2.22. The first-order valence-corrected chi connectivity index (χ1v) is 6.97. The van der Waals surface area contributed by atoms with E-state index in [1.165, 1.54) is 31.4 Å². The summed E-state index contributed by atoms with van der Waals surface area (Å²) < 4.78 is 33.0. The van der Waals surface area contributed by atoms with Crippen molar-refractivity contribution in [3.05, 3.63) is 64.2 Å². The smallest absolute Gasteiger partial charge is 0.132 e. The van der Waals surface area contributed by atoms with Crippen LogP contribution in [0.25, 0.3) is 0 Å². The van der Waals surface area contributed by atoms with Gasteiger partial charge in [0, 0.05) is 5.02 Å². The van der Waals surface area contributed by atoms with Crippen LogP contribution in [0.5, 0.6) is 5.75 Å². The fraction of sp³-hybridized carbons (Fsp3) is 0.250. The summed E-state index contributed by atoms with van der Waals surface area (Å²) in [4.78, 5) is 0. The zero-order chi connectivity index (χ0) is 15.4. The molecule has 2 aromatic carbocycles. The minimum absolute atomic E-state index is 0.314. The predicted octanol–water partition coefficient (Wildman–Crippen LogP) is 4.33. The Hall–Kier alpha value is -1.65. The highest BCUT2D eigenvalue weighted by Crippen LogP contribution is 2.35. The molecule has 0 aliphatic carbocycles. The van der Waals surface area contributed by atoms with E-state index in [2.05, 4.69) is 5.32 Å². The van der Waals surface area contributed by atoms with Crippen LogP contribution in [0.1, 0.15) is 24.1 Å². The molecule has 0 spiro atoms. The fourth-order valence-electron chi connectivity index (χ4n) is 2.28. The van der Waals surface area contributed by atoms with Crippen LogP contribution in [-0.2, 0) is 0 Å². The fourth-order valence-corrected chi connectivity index (χ4v) is 2.51. The lowest BCUT2D eigenvalue weighted by Crippen LogP contribution is -2.24. The molecule has 1 N–H and O–H groups in total. The van der Waals surface area contributed by atoms with Gasteiger partial charge in [0.25, 0.3) is 0 Å². The molecular formula is C16H16ClF2NO. The molecule has 1 unspecified atom stereocenters. The molecule has 0 radical (unpaired) electrons. The van der Waals surface area contributed by atoms with Gasteiger partial charge in [-0.05, 0) is 42.4 Å². The van der Waals surface area contributed by atoms with Crippen LogP contribution in [-0.4, -0.2) is 13.7 Å². The van der Waals surface area contributed by atoms with Gasteiger partial charge >= 0.3 is 0 Å². The number of rotatable bonds is 5. The highest BCUT2D eigenvalue weighted by Gasteiger charge is 2.23. The second-order valence-corrected chi connectivity index (χ2v) is 4.92. The summed E-state index contributed by atoms with van der Waals surface area (Å²) in [6.45, 7) is 2.45. The Morgan fingerprint density at radius 1 is 1.24 bits per heavy atom. The molecule has 2 nitrogen and oxygen atoms in total. The summed E-state index contributed by atoms with van der Waals surface area (Å²) in [5.74, 6) is -0.463. The average Bonchev–Trinajstić information content (AvgIpc) is 2.48. The molecule has 0 aliphatic rings. The molecule has 0 bridgehead atoms. The Balaban J connectivity index is 2.61. The molecule has 21 heavy (non-hydrogen) atoms. The number of methoxy groups -OCH3 is 1. The first-order valence-electron chi connectivity index (χ1n) is 6.59. The number of benzene rings is 2. The quantitative estimate of drug-likeness (QED) is 0.887. The van der Waals surface area contributed by atoms with Gasteiger partial charge in [0.2, 0.25) is 0 Å². The maximum absolute atomic E-state index is 14.3. The molecule has 2 aromatic rings. The van der Waals surface area contributed by atoms with Crippen LogP contribution < -0.4 is 10.1 Å². The third kappa shape index (κ3) is 3.34. The topological polar surface area (TPSA) is 21.3 Å². The maximum Gasteiger partial charge on any atom is 0.132 e. The van der Waals surface area contributed by atoms with Crippen LogP contribution in [0.3, 0.4) is 0 Å². The van der Waals surface area contributed by atoms with Gasteiger partial charge in [-0.1, -0.05) is 24.6 Å². The van der Waals surface area contributed by atoms with Gasteiger partial charge in [-0.2, -0.15) is 0 Å². The highest BCUT2D eigenvalue weighted by molar-refractivity contribution is 6.31. The van der Waals surface area contributed by atoms with Crippen LogP contribution in [0.15, 0.2) is 36.4 Å². The van der Waals surface area contributed by atoms with Crippen molar-refractivity contribution < 1.29 is 13.5 Å². The van der Waals surface area contributed by atoms with Crippen LogP contribution >= 0.6 is 11.6 Å². The first kappa shape index (κ1) is 15.7. The van der Waals surface area contributed by atoms with Crippen molar-refractivity contribution in [1.29, 1.82) is 0 Å². The van der Waals surface area contributed by atoms with Crippen molar-refractivity contribution in [2.24, 2.45) is 0 Å². The summed E-state index contributed by atoms with van der Waals surface area (Å²) in [6.07, 6.45) is 0. The minimum atomic E-state index is -0.589. The van der Waals surface area contributed by atoms with E-state index in [-0.39, 0.29) is 0 Å². The molecule has 112 valence electrons. The number of hydrogen-bond acceptors (Lipinski definition) is 2. The predicted molar refractivity (Wildman–Crippen MR) is 79.9 cm³/mol. The van der Waals surface area contributed by atoms with E-state index in [0.717, 1.165) is 0 Å². The molecule has 0 amide bonds. The second-order valence-electron chi connectivity index (χ2n) is 4.51. The Labute approximate surface area is 127 Å². The van der Waals surface area contributed by atoms with Gasteiger partial charge < -0.3 is 10.1 Å². The van der Waals surface area contributed by atoms with Crippen molar-refractivity contribution in [3.63, 3.8) is 0 Å². The molecule has 2 rings (SSSR count). The summed E-state index contributed by atoms with van der Waals surface area (Å²) in [5.41, 5.74) is 0.788. The Morgan fingerprint density at radius 2 is 2.00 bits per heavy atom. The molecule has 0 aliphatic heterocycles. The number of nitrogens with one attached hydrogen (secondary N) is 1. The third-order valence-corrected chi connectivity index (χ3v) is 3.54. The molecule has 0 heterocycles. The van der Waals surface area contributed by atoms with Gasteiger partial charge in [-0.3, -0.25) is 0 Å². The molecule has 0 aromatic heterocycles. The van der Waals surface area contributed by atoms with E-state index in [1.807, 2.05) is 6.92 Å². The van der Waals surface area contributed by atoms with Crippen LogP contribution in [0.2, 0.25) is 5.02 Å². The standard InChI is InChI=1S/C16H16ClF2NO/c1-3-20-16(11-9-10(18)7-8-12(11)17)15-13(19)5-4-6-14(15)21-2/h4-9,16,20H,3H2,1-2H3. The first-order chi connectivity index (χ1) is 10.1. The lowest BCUT2D eigenvalue weighted by atomic mass is 9.97. The summed E-state index contributed by atoms with van der Waals surface area (Å²) in [6, 6.07) is 8.02. The van der Waals surface area contributed by atoms with Crippen molar-refractivity contribution in [2.75, 3.05) is 13.7 Å². The van der Waals surface area contributed by atoms with Gasteiger partial charge in [-0.25, -0.2) is 8.78 Å². The molecule has 0 fully saturated rings. The lowest BCUT2D eigenvalue weighted by molar-refractivity contribution is 0.397.